The quantitative estimate of drug-likeness (QED) is 0.901. The molecule has 0 bridgehead atoms. The molecule has 0 spiro atoms. The Balaban J connectivity index is 1.82. The normalized spacial score (nSPS) is 20.2. The average Bonchev–Trinajstić information content (AvgIpc) is 2.76. The first kappa shape index (κ1) is 12.7. The van der Waals surface area contributed by atoms with Crippen molar-refractivity contribution in [1.82, 2.24) is 5.32 Å². The Morgan fingerprint density at radius 3 is 3.12 bits per heavy atom. The Morgan fingerprint density at radius 1 is 1.50 bits per heavy atom. The van der Waals surface area contributed by atoms with Gasteiger partial charge in [0, 0.05) is 16.0 Å². The first-order chi connectivity index (χ1) is 7.75. The number of halogens is 2. The molecule has 1 fully saturated rings. The fraction of sp³-hybridized carbons (Fsp3) is 0.500. The van der Waals surface area contributed by atoms with Crippen molar-refractivity contribution in [2.24, 2.45) is 5.92 Å². The summed E-state index contributed by atoms with van der Waals surface area (Å²) < 4.78 is 1.09. The molecule has 1 aromatic rings. The molecule has 1 unspecified atom stereocenters. The number of hydrogen-bond donors (Lipinski definition) is 1. The molecular weight excluding hydrogens is 306 g/mol. The molecule has 4 heteroatoms. The molecule has 0 aromatic heterocycles. The van der Waals surface area contributed by atoms with Gasteiger partial charge in [0.2, 0.25) is 0 Å². The van der Waals surface area contributed by atoms with Crippen LogP contribution in [-0.4, -0.2) is 18.1 Å². The minimum Gasteiger partial charge on any atom is -0.312 e. The lowest BCUT2D eigenvalue weighted by molar-refractivity contribution is 0.523. The standard InChI is InChI=1S/C12H15BrClNS/c13-11-1-2-12(14)10(5-11)7-15-6-9-3-4-16-8-9/h1-2,5,9,15H,3-4,6-8H2. The van der Waals surface area contributed by atoms with E-state index in [0.717, 1.165) is 28.5 Å². The van der Waals surface area contributed by atoms with Crippen LogP contribution in [0.2, 0.25) is 5.02 Å². The molecule has 1 aromatic carbocycles. The van der Waals surface area contributed by atoms with Crippen LogP contribution in [0.5, 0.6) is 0 Å². The monoisotopic (exact) mass is 319 g/mol. The van der Waals surface area contributed by atoms with Crippen molar-refractivity contribution >= 4 is 39.3 Å². The van der Waals surface area contributed by atoms with E-state index in [1.807, 2.05) is 12.1 Å². The van der Waals surface area contributed by atoms with Gasteiger partial charge in [0.05, 0.1) is 0 Å². The van der Waals surface area contributed by atoms with E-state index in [0.29, 0.717) is 0 Å². The van der Waals surface area contributed by atoms with Crippen molar-refractivity contribution in [2.75, 3.05) is 18.1 Å². The van der Waals surface area contributed by atoms with Gasteiger partial charge < -0.3 is 5.32 Å². The first-order valence-corrected chi connectivity index (χ1v) is 7.80. The molecule has 0 aliphatic carbocycles. The van der Waals surface area contributed by atoms with E-state index < -0.39 is 0 Å². The van der Waals surface area contributed by atoms with E-state index >= 15 is 0 Å². The van der Waals surface area contributed by atoms with Gasteiger partial charge in [-0.25, -0.2) is 0 Å². The van der Waals surface area contributed by atoms with Crippen LogP contribution in [0.1, 0.15) is 12.0 Å². The largest absolute Gasteiger partial charge is 0.312 e. The van der Waals surface area contributed by atoms with Crippen LogP contribution < -0.4 is 5.32 Å². The minimum atomic E-state index is 0.843. The highest BCUT2D eigenvalue weighted by atomic mass is 79.9. The third-order valence-corrected chi connectivity index (χ3v) is 4.87. The lowest BCUT2D eigenvalue weighted by Crippen LogP contribution is -2.22. The van der Waals surface area contributed by atoms with E-state index in [9.17, 15) is 0 Å². The molecule has 1 heterocycles. The molecular formula is C12H15BrClNS. The van der Waals surface area contributed by atoms with Gasteiger partial charge in [0.15, 0.2) is 0 Å². The van der Waals surface area contributed by atoms with Gasteiger partial charge in [-0.15, -0.1) is 0 Å². The molecule has 1 N–H and O–H groups in total. The Labute approximate surface area is 114 Å². The third kappa shape index (κ3) is 3.66. The van der Waals surface area contributed by atoms with Crippen molar-refractivity contribution in [3.8, 4) is 0 Å². The van der Waals surface area contributed by atoms with E-state index in [1.54, 1.807) is 0 Å². The van der Waals surface area contributed by atoms with Gasteiger partial charge in [-0.05, 0) is 54.2 Å². The van der Waals surface area contributed by atoms with Crippen molar-refractivity contribution in [3.05, 3.63) is 33.3 Å². The summed E-state index contributed by atoms with van der Waals surface area (Å²) in [5.41, 5.74) is 1.17. The highest BCUT2D eigenvalue weighted by molar-refractivity contribution is 9.10. The van der Waals surface area contributed by atoms with Crippen LogP contribution in [0.25, 0.3) is 0 Å². The topological polar surface area (TPSA) is 12.0 Å². The third-order valence-electron chi connectivity index (χ3n) is 2.78. The summed E-state index contributed by atoms with van der Waals surface area (Å²) in [6, 6.07) is 5.99. The summed E-state index contributed by atoms with van der Waals surface area (Å²) in [4.78, 5) is 0. The lowest BCUT2D eigenvalue weighted by atomic mass is 10.1. The number of nitrogens with one attached hydrogen (secondary N) is 1. The molecule has 1 nitrogen and oxygen atoms in total. The zero-order valence-corrected chi connectivity index (χ0v) is 12.2. The Bertz CT molecular complexity index is 353. The molecule has 1 aliphatic heterocycles. The van der Waals surface area contributed by atoms with E-state index in [2.05, 4.69) is 39.1 Å². The Hall–Kier alpha value is 0.300. The van der Waals surface area contributed by atoms with E-state index in [1.165, 1.54) is 23.5 Å². The Morgan fingerprint density at radius 2 is 2.38 bits per heavy atom. The fourth-order valence-electron chi connectivity index (χ4n) is 1.83. The number of benzene rings is 1. The molecule has 0 radical (unpaired) electrons. The van der Waals surface area contributed by atoms with Crippen molar-refractivity contribution in [1.29, 1.82) is 0 Å². The van der Waals surface area contributed by atoms with Gasteiger partial charge >= 0.3 is 0 Å². The van der Waals surface area contributed by atoms with Crippen LogP contribution >= 0.6 is 39.3 Å². The van der Waals surface area contributed by atoms with Crippen LogP contribution in [-0.2, 0) is 6.54 Å². The predicted molar refractivity (Wildman–Crippen MR) is 76.3 cm³/mol. The zero-order valence-electron chi connectivity index (χ0n) is 9.01. The van der Waals surface area contributed by atoms with Crippen molar-refractivity contribution in [3.63, 3.8) is 0 Å². The number of hydrogen-bond acceptors (Lipinski definition) is 2. The minimum absolute atomic E-state index is 0.843. The van der Waals surface area contributed by atoms with Crippen LogP contribution in [0.15, 0.2) is 22.7 Å². The zero-order chi connectivity index (χ0) is 11.4. The van der Waals surface area contributed by atoms with Gasteiger partial charge in [-0.2, -0.15) is 11.8 Å². The van der Waals surface area contributed by atoms with Gasteiger partial charge in [0.25, 0.3) is 0 Å². The maximum Gasteiger partial charge on any atom is 0.0451 e. The van der Waals surface area contributed by atoms with E-state index in [4.69, 9.17) is 11.6 Å². The summed E-state index contributed by atoms with van der Waals surface area (Å²) >= 11 is 11.7. The second-order valence-electron chi connectivity index (χ2n) is 4.10. The molecule has 16 heavy (non-hydrogen) atoms. The molecule has 2 rings (SSSR count). The lowest BCUT2D eigenvalue weighted by Gasteiger charge is -2.11. The van der Waals surface area contributed by atoms with Gasteiger partial charge in [-0.3, -0.25) is 0 Å². The molecule has 0 amide bonds. The maximum absolute atomic E-state index is 6.13. The summed E-state index contributed by atoms with van der Waals surface area (Å²) in [5, 5.41) is 4.34. The average molecular weight is 321 g/mol. The molecule has 88 valence electrons. The maximum atomic E-state index is 6.13. The van der Waals surface area contributed by atoms with Gasteiger partial charge in [-0.1, -0.05) is 27.5 Å². The van der Waals surface area contributed by atoms with E-state index in [-0.39, 0.29) is 0 Å². The molecule has 1 saturated heterocycles. The predicted octanol–water partition coefficient (Wildman–Crippen LogP) is 3.95. The van der Waals surface area contributed by atoms with Crippen LogP contribution in [0.3, 0.4) is 0 Å². The summed E-state index contributed by atoms with van der Waals surface area (Å²) in [6.45, 7) is 1.97. The summed E-state index contributed by atoms with van der Waals surface area (Å²) in [5.74, 6) is 3.47. The fourth-order valence-corrected chi connectivity index (χ4v) is 3.71. The smallest absolute Gasteiger partial charge is 0.0451 e. The SMILES string of the molecule is Clc1ccc(Br)cc1CNCC1CCSC1. The highest BCUT2D eigenvalue weighted by Gasteiger charge is 2.14. The number of rotatable bonds is 4. The Kier molecular flexibility index (Phi) is 5.01. The highest BCUT2D eigenvalue weighted by Crippen LogP contribution is 2.23. The summed E-state index contributed by atoms with van der Waals surface area (Å²) in [7, 11) is 0. The van der Waals surface area contributed by atoms with Gasteiger partial charge in [0.1, 0.15) is 0 Å². The second kappa shape index (κ2) is 6.29. The van der Waals surface area contributed by atoms with Crippen molar-refractivity contribution in [2.45, 2.75) is 13.0 Å². The summed E-state index contributed by atoms with van der Waals surface area (Å²) in [6.07, 6.45) is 1.35. The molecule has 1 aliphatic rings. The molecule has 1 atom stereocenters. The van der Waals surface area contributed by atoms with Crippen LogP contribution in [0, 0.1) is 5.92 Å². The second-order valence-corrected chi connectivity index (χ2v) is 6.57. The number of thioether (sulfide) groups is 1. The molecule has 0 saturated carbocycles. The van der Waals surface area contributed by atoms with Crippen molar-refractivity contribution < 1.29 is 0 Å². The first-order valence-electron chi connectivity index (χ1n) is 5.48. The van der Waals surface area contributed by atoms with Crippen LogP contribution in [0.4, 0.5) is 0 Å².